The predicted molar refractivity (Wildman–Crippen MR) is 54.1 cm³/mol. The number of hydrogen-bond donors (Lipinski definition) is 1. The Labute approximate surface area is 79.9 Å². The monoisotopic (exact) mass is 233 g/mol. The van der Waals surface area contributed by atoms with Crippen LogP contribution in [0.2, 0.25) is 0 Å². The van der Waals surface area contributed by atoms with Crippen molar-refractivity contribution in [2.24, 2.45) is 0 Å². The molecule has 0 saturated heterocycles. The average Bonchev–Trinajstić information content (AvgIpc) is 2.40. The zero-order valence-electron chi connectivity index (χ0n) is 6.73. The summed E-state index contributed by atoms with van der Waals surface area (Å²) in [5.74, 6) is 0. The molecule has 0 aliphatic heterocycles. The largest absolute Gasteiger partial charge is 0.313 e. The summed E-state index contributed by atoms with van der Waals surface area (Å²) < 4.78 is 1.23. The number of nitrogens with one attached hydrogen (secondary N) is 1. The SMILES string of the molecule is CCC(NC)c1cscc1Br. The average molecular weight is 234 g/mol. The van der Waals surface area contributed by atoms with Crippen molar-refractivity contribution in [2.75, 3.05) is 7.05 Å². The zero-order chi connectivity index (χ0) is 8.27. The van der Waals surface area contributed by atoms with Gasteiger partial charge in [-0.2, -0.15) is 11.3 Å². The van der Waals surface area contributed by atoms with Crippen LogP contribution in [0.4, 0.5) is 0 Å². The van der Waals surface area contributed by atoms with E-state index in [-0.39, 0.29) is 0 Å². The highest BCUT2D eigenvalue weighted by atomic mass is 79.9. The van der Waals surface area contributed by atoms with Gasteiger partial charge in [0.05, 0.1) is 0 Å². The third-order valence-corrected chi connectivity index (χ3v) is 3.53. The molecule has 1 aromatic rings. The Bertz CT molecular complexity index is 218. The molecule has 0 aliphatic carbocycles. The van der Waals surface area contributed by atoms with E-state index in [1.165, 1.54) is 10.0 Å². The minimum Gasteiger partial charge on any atom is -0.313 e. The Morgan fingerprint density at radius 3 is 2.73 bits per heavy atom. The first kappa shape index (κ1) is 9.23. The van der Waals surface area contributed by atoms with Crippen molar-refractivity contribution in [1.29, 1.82) is 0 Å². The van der Waals surface area contributed by atoms with Crippen LogP contribution in [0, 0.1) is 0 Å². The molecular formula is C8H12BrNS. The smallest absolute Gasteiger partial charge is 0.0334 e. The highest BCUT2D eigenvalue weighted by Gasteiger charge is 2.09. The number of thiophene rings is 1. The third kappa shape index (κ3) is 2.04. The van der Waals surface area contributed by atoms with Crippen molar-refractivity contribution in [3.63, 3.8) is 0 Å². The van der Waals surface area contributed by atoms with Gasteiger partial charge >= 0.3 is 0 Å². The molecule has 0 radical (unpaired) electrons. The predicted octanol–water partition coefficient (Wildman–Crippen LogP) is 3.18. The van der Waals surface area contributed by atoms with Crippen molar-refractivity contribution >= 4 is 27.3 Å². The van der Waals surface area contributed by atoms with Crippen molar-refractivity contribution in [3.05, 3.63) is 20.8 Å². The lowest BCUT2D eigenvalue weighted by molar-refractivity contribution is 0.576. The maximum Gasteiger partial charge on any atom is 0.0334 e. The van der Waals surface area contributed by atoms with E-state index in [2.05, 4.69) is 38.9 Å². The molecule has 3 heteroatoms. The molecule has 0 fully saturated rings. The van der Waals surface area contributed by atoms with Crippen LogP contribution in [0.25, 0.3) is 0 Å². The van der Waals surface area contributed by atoms with E-state index in [9.17, 15) is 0 Å². The summed E-state index contributed by atoms with van der Waals surface area (Å²) in [6, 6.07) is 0.496. The first-order chi connectivity index (χ1) is 5.29. The van der Waals surface area contributed by atoms with E-state index in [4.69, 9.17) is 0 Å². The second-order valence-corrected chi connectivity index (χ2v) is 4.02. The van der Waals surface area contributed by atoms with Gasteiger partial charge in [-0.3, -0.25) is 0 Å². The number of rotatable bonds is 3. The fourth-order valence-corrected chi connectivity index (χ4v) is 2.75. The van der Waals surface area contributed by atoms with E-state index in [0.717, 1.165) is 6.42 Å². The van der Waals surface area contributed by atoms with Crippen LogP contribution in [-0.4, -0.2) is 7.05 Å². The highest BCUT2D eigenvalue weighted by molar-refractivity contribution is 9.10. The summed E-state index contributed by atoms with van der Waals surface area (Å²) in [6.07, 6.45) is 1.13. The first-order valence-electron chi connectivity index (χ1n) is 3.68. The second-order valence-electron chi connectivity index (χ2n) is 2.42. The Morgan fingerprint density at radius 2 is 2.36 bits per heavy atom. The molecule has 0 aliphatic rings. The van der Waals surface area contributed by atoms with Crippen molar-refractivity contribution < 1.29 is 0 Å². The van der Waals surface area contributed by atoms with Crippen molar-refractivity contribution in [3.8, 4) is 0 Å². The van der Waals surface area contributed by atoms with Crippen LogP contribution < -0.4 is 5.32 Å². The van der Waals surface area contributed by atoms with E-state index in [1.54, 1.807) is 11.3 Å². The van der Waals surface area contributed by atoms with Crippen LogP contribution in [-0.2, 0) is 0 Å². The molecule has 0 amide bonds. The molecule has 62 valence electrons. The van der Waals surface area contributed by atoms with Gasteiger partial charge in [-0.05, 0) is 40.3 Å². The topological polar surface area (TPSA) is 12.0 Å². The van der Waals surface area contributed by atoms with Gasteiger partial charge in [0.25, 0.3) is 0 Å². The van der Waals surface area contributed by atoms with E-state index < -0.39 is 0 Å². The normalized spacial score (nSPS) is 13.4. The summed E-state index contributed by atoms with van der Waals surface area (Å²) >= 11 is 5.26. The fourth-order valence-electron chi connectivity index (χ4n) is 1.12. The summed E-state index contributed by atoms with van der Waals surface area (Å²) in [4.78, 5) is 0. The fraction of sp³-hybridized carbons (Fsp3) is 0.500. The minimum absolute atomic E-state index is 0.496. The molecule has 0 aromatic carbocycles. The van der Waals surface area contributed by atoms with Crippen LogP contribution in [0.15, 0.2) is 15.2 Å². The Morgan fingerprint density at radius 1 is 1.64 bits per heavy atom. The van der Waals surface area contributed by atoms with Gasteiger partial charge in [-0.25, -0.2) is 0 Å². The highest BCUT2D eigenvalue weighted by Crippen LogP contribution is 2.28. The van der Waals surface area contributed by atoms with Crippen LogP contribution in [0.3, 0.4) is 0 Å². The molecule has 11 heavy (non-hydrogen) atoms. The maximum atomic E-state index is 3.52. The molecule has 1 rings (SSSR count). The Balaban J connectivity index is 2.81. The standard InChI is InChI=1S/C8H12BrNS/c1-3-8(10-2)6-4-11-5-7(6)9/h4-5,8,10H,3H2,1-2H3. The van der Waals surface area contributed by atoms with E-state index >= 15 is 0 Å². The minimum atomic E-state index is 0.496. The van der Waals surface area contributed by atoms with Gasteiger partial charge in [-0.1, -0.05) is 6.92 Å². The zero-order valence-corrected chi connectivity index (χ0v) is 9.13. The summed E-state index contributed by atoms with van der Waals surface area (Å²) in [5, 5.41) is 7.58. The lowest BCUT2D eigenvalue weighted by atomic mass is 10.1. The van der Waals surface area contributed by atoms with Gasteiger partial charge in [0.2, 0.25) is 0 Å². The second kappa shape index (κ2) is 4.24. The summed E-state index contributed by atoms with van der Waals surface area (Å²) in [7, 11) is 2.00. The number of hydrogen-bond acceptors (Lipinski definition) is 2. The first-order valence-corrected chi connectivity index (χ1v) is 5.42. The summed E-state index contributed by atoms with van der Waals surface area (Å²) in [6.45, 7) is 2.19. The lowest BCUT2D eigenvalue weighted by Gasteiger charge is -2.12. The Kier molecular flexibility index (Phi) is 3.55. The molecule has 1 heterocycles. The molecular weight excluding hydrogens is 222 g/mol. The van der Waals surface area contributed by atoms with Crippen molar-refractivity contribution in [1.82, 2.24) is 5.32 Å². The quantitative estimate of drug-likeness (QED) is 0.846. The van der Waals surface area contributed by atoms with Crippen LogP contribution >= 0.6 is 27.3 Å². The van der Waals surface area contributed by atoms with Gasteiger partial charge in [0.15, 0.2) is 0 Å². The molecule has 1 aromatic heterocycles. The van der Waals surface area contributed by atoms with Crippen LogP contribution in [0.5, 0.6) is 0 Å². The Hall–Kier alpha value is 0.140. The molecule has 1 unspecified atom stereocenters. The van der Waals surface area contributed by atoms with Crippen molar-refractivity contribution in [2.45, 2.75) is 19.4 Å². The molecule has 0 saturated carbocycles. The van der Waals surface area contributed by atoms with Crippen LogP contribution in [0.1, 0.15) is 24.9 Å². The third-order valence-electron chi connectivity index (χ3n) is 1.77. The van der Waals surface area contributed by atoms with Gasteiger partial charge < -0.3 is 5.32 Å². The molecule has 1 N–H and O–H groups in total. The number of halogens is 1. The van der Waals surface area contributed by atoms with Gasteiger partial charge in [0.1, 0.15) is 0 Å². The molecule has 0 spiro atoms. The van der Waals surface area contributed by atoms with E-state index in [1.807, 2.05) is 7.05 Å². The molecule has 0 bridgehead atoms. The van der Waals surface area contributed by atoms with Gasteiger partial charge in [-0.15, -0.1) is 0 Å². The van der Waals surface area contributed by atoms with E-state index in [0.29, 0.717) is 6.04 Å². The van der Waals surface area contributed by atoms with Gasteiger partial charge in [0, 0.05) is 15.9 Å². The molecule has 1 atom stereocenters. The maximum absolute atomic E-state index is 3.52. The lowest BCUT2D eigenvalue weighted by Crippen LogP contribution is -2.14. The summed E-state index contributed by atoms with van der Waals surface area (Å²) in [5.41, 5.74) is 1.38. The molecule has 1 nitrogen and oxygen atoms in total.